The molecule has 2 aromatic heterocycles. The van der Waals surface area contributed by atoms with Gasteiger partial charge in [-0.1, -0.05) is 0 Å². The standard InChI is InChI=1S/C12H8ClN3OSSe/c1-18-12-14-9(13)6-10(15-12)16-11(17)7-4-2-3-5-8(7)19-16/h2-6H,1H3. The topological polar surface area (TPSA) is 47.8 Å². The number of nitrogens with zero attached hydrogens (tertiary/aromatic N) is 3. The molecule has 0 fully saturated rings. The zero-order valence-corrected chi connectivity index (χ0v) is 13.1. The summed E-state index contributed by atoms with van der Waals surface area (Å²) in [5, 5.41) is 1.68. The van der Waals surface area contributed by atoms with Crippen LogP contribution in [0.4, 0.5) is 0 Å². The second-order valence-corrected chi connectivity index (χ2v) is 6.96. The molecular formula is C12H8ClN3OSSe. The van der Waals surface area contributed by atoms with Crippen LogP contribution < -0.4 is 5.56 Å². The van der Waals surface area contributed by atoms with Crippen LogP contribution in [0.15, 0.2) is 40.3 Å². The maximum absolute atomic E-state index is 12.3. The van der Waals surface area contributed by atoms with E-state index in [1.54, 1.807) is 9.63 Å². The molecular weight excluding hydrogens is 349 g/mol. The molecule has 0 aliphatic heterocycles. The Kier molecular flexibility index (Phi) is 3.50. The summed E-state index contributed by atoms with van der Waals surface area (Å²) >= 11 is 7.28. The van der Waals surface area contributed by atoms with Crippen molar-refractivity contribution in [2.45, 2.75) is 5.16 Å². The van der Waals surface area contributed by atoms with Crippen molar-refractivity contribution in [1.82, 2.24) is 13.5 Å². The van der Waals surface area contributed by atoms with Crippen LogP contribution in [-0.4, -0.2) is 34.5 Å². The normalized spacial score (nSPS) is 11.1. The number of thioether (sulfide) groups is 1. The number of benzene rings is 1. The van der Waals surface area contributed by atoms with Gasteiger partial charge in [-0.15, -0.1) is 0 Å². The summed E-state index contributed by atoms with van der Waals surface area (Å²) in [6.07, 6.45) is 1.88. The third-order valence-electron chi connectivity index (χ3n) is 2.54. The summed E-state index contributed by atoms with van der Waals surface area (Å²) in [5.74, 6) is 0.575. The molecule has 0 bridgehead atoms. The van der Waals surface area contributed by atoms with E-state index >= 15 is 0 Å². The Morgan fingerprint density at radius 3 is 2.84 bits per heavy atom. The number of halogens is 1. The molecule has 3 aromatic rings. The predicted molar refractivity (Wildman–Crippen MR) is 78.9 cm³/mol. The van der Waals surface area contributed by atoms with Crippen LogP contribution in [0.5, 0.6) is 0 Å². The van der Waals surface area contributed by atoms with Crippen LogP contribution in [0.2, 0.25) is 5.15 Å². The summed E-state index contributed by atoms with van der Waals surface area (Å²) in [7, 11) is 0. The van der Waals surface area contributed by atoms with E-state index in [-0.39, 0.29) is 20.3 Å². The van der Waals surface area contributed by atoms with E-state index in [0.29, 0.717) is 16.1 Å². The monoisotopic (exact) mass is 357 g/mol. The number of fused-ring (bicyclic) bond motifs is 1. The average Bonchev–Trinajstić information content (AvgIpc) is 2.76. The molecule has 0 amide bonds. The molecule has 0 aliphatic carbocycles. The average molecular weight is 357 g/mol. The van der Waals surface area contributed by atoms with Gasteiger partial charge in [0.2, 0.25) is 0 Å². The van der Waals surface area contributed by atoms with Crippen molar-refractivity contribution in [2.75, 3.05) is 6.26 Å². The number of aromatic nitrogens is 3. The van der Waals surface area contributed by atoms with E-state index in [9.17, 15) is 4.79 Å². The van der Waals surface area contributed by atoms with E-state index < -0.39 is 0 Å². The molecule has 0 saturated heterocycles. The van der Waals surface area contributed by atoms with E-state index in [4.69, 9.17) is 11.6 Å². The Bertz CT molecular complexity index is 814. The van der Waals surface area contributed by atoms with Crippen molar-refractivity contribution in [3.8, 4) is 5.82 Å². The first-order valence-corrected chi connectivity index (χ1v) is 8.61. The molecule has 0 N–H and O–H groups in total. The Balaban J connectivity index is 2.27. The number of hydrogen-bond acceptors (Lipinski definition) is 4. The summed E-state index contributed by atoms with van der Waals surface area (Å²) in [4.78, 5) is 20.8. The van der Waals surface area contributed by atoms with Gasteiger partial charge >= 0.3 is 124 Å². The van der Waals surface area contributed by atoms with Crippen LogP contribution in [0.25, 0.3) is 15.5 Å². The maximum atomic E-state index is 12.3. The molecule has 0 atom stereocenters. The van der Waals surface area contributed by atoms with Crippen molar-refractivity contribution >= 4 is 47.7 Å². The Hall–Kier alpha value is -1.07. The number of rotatable bonds is 2. The van der Waals surface area contributed by atoms with Gasteiger partial charge in [-0.05, 0) is 0 Å². The first-order chi connectivity index (χ1) is 9.19. The minimum atomic E-state index is -0.0962. The molecule has 2 heterocycles. The Morgan fingerprint density at radius 1 is 1.32 bits per heavy atom. The van der Waals surface area contributed by atoms with Gasteiger partial charge in [0.25, 0.3) is 0 Å². The van der Waals surface area contributed by atoms with E-state index in [2.05, 4.69) is 9.97 Å². The van der Waals surface area contributed by atoms with E-state index in [0.717, 1.165) is 9.65 Å². The van der Waals surface area contributed by atoms with E-state index in [1.165, 1.54) is 11.8 Å². The van der Waals surface area contributed by atoms with Gasteiger partial charge in [-0.25, -0.2) is 0 Å². The van der Waals surface area contributed by atoms with Crippen LogP contribution in [0, 0.1) is 0 Å². The molecule has 0 unspecified atom stereocenters. The van der Waals surface area contributed by atoms with Crippen LogP contribution in [-0.2, 0) is 0 Å². The molecule has 0 spiro atoms. The van der Waals surface area contributed by atoms with Crippen LogP contribution in [0.1, 0.15) is 0 Å². The van der Waals surface area contributed by atoms with Gasteiger partial charge in [0.15, 0.2) is 0 Å². The van der Waals surface area contributed by atoms with Crippen LogP contribution in [0.3, 0.4) is 0 Å². The molecule has 0 aliphatic rings. The molecule has 0 saturated carbocycles. The van der Waals surface area contributed by atoms with Crippen molar-refractivity contribution in [3.63, 3.8) is 0 Å². The van der Waals surface area contributed by atoms with Gasteiger partial charge in [-0.2, -0.15) is 0 Å². The quantitative estimate of drug-likeness (QED) is 0.306. The number of hydrogen-bond donors (Lipinski definition) is 0. The Labute approximate surface area is 124 Å². The zero-order chi connectivity index (χ0) is 13.4. The zero-order valence-electron chi connectivity index (χ0n) is 9.83. The molecule has 1 aromatic carbocycles. The molecule has 4 nitrogen and oxygen atoms in total. The fraction of sp³-hybridized carbons (Fsp3) is 0.0833. The fourth-order valence-corrected chi connectivity index (χ4v) is 4.32. The first kappa shape index (κ1) is 12.9. The third-order valence-corrected chi connectivity index (χ3v) is 5.57. The molecule has 3 rings (SSSR count). The van der Waals surface area contributed by atoms with Gasteiger partial charge < -0.3 is 0 Å². The first-order valence-electron chi connectivity index (χ1n) is 5.39. The van der Waals surface area contributed by atoms with Crippen molar-refractivity contribution < 1.29 is 0 Å². The summed E-state index contributed by atoms with van der Waals surface area (Å²) < 4.78 is 2.76. The SMILES string of the molecule is CSc1nc(Cl)cc(-n2[se]c3ccccc3c2=O)n1. The van der Waals surface area contributed by atoms with Crippen LogP contribution >= 0.6 is 23.4 Å². The molecule has 96 valence electrons. The summed E-state index contributed by atoms with van der Waals surface area (Å²) in [5.41, 5.74) is -0.0163. The van der Waals surface area contributed by atoms with Crippen molar-refractivity contribution in [3.05, 3.63) is 45.8 Å². The summed E-state index contributed by atoms with van der Waals surface area (Å²) in [6.45, 7) is 0. The Morgan fingerprint density at radius 2 is 2.11 bits per heavy atom. The van der Waals surface area contributed by atoms with Crippen molar-refractivity contribution in [2.24, 2.45) is 0 Å². The van der Waals surface area contributed by atoms with Gasteiger partial charge in [0.05, 0.1) is 0 Å². The molecule has 7 heteroatoms. The van der Waals surface area contributed by atoms with Gasteiger partial charge in [0, 0.05) is 0 Å². The molecule has 0 radical (unpaired) electrons. The second-order valence-electron chi connectivity index (χ2n) is 3.72. The molecule has 19 heavy (non-hydrogen) atoms. The van der Waals surface area contributed by atoms with E-state index in [1.807, 2.05) is 30.5 Å². The third kappa shape index (κ3) is 2.37. The van der Waals surface area contributed by atoms with Gasteiger partial charge in [-0.3, -0.25) is 0 Å². The summed E-state index contributed by atoms with van der Waals surface area (Å²) in [6, 6.07) is 9.27. The van der Waals surface area contributed by atoms with Crippen molar-refractivity contribution in [1.29, 1.82) is 0 Å². The fourth-order valence-electron chi connectivity index (χ4n) is 1.70. The van der Waals surface area contributed by atoms with Gasteiger partial charge in [0.1, 0.15) is 0 Å². The minimum absolute atomic E-state index is 0.0163. The second kappa shape index (κ2) is 5.13. The predicted octanol–water partition coefficient (Wildman–Crippen LogP) is 2.21.